The van der Waals surface area contributed by atoms with Crippen molar-refractivity contribution in [3.63, 3.8) is 0 Å². The standard InChI is InChI=1S/C19H21ClN2O3S/c1-3-22(4-2)19(25)13-7-5-6-8-14(13)21-18(24)12-9-15(23)16-10-11-17(20)26-16/h5-8,10-11H,3-4,9,12H2,1-2H3,(H,21,24). The number of rotatable bonds is 8. The van der Waals surface area contributed by atoms with Gasteiger partial charge in [0.05, 0.1) is 20.5 Å². The third kappa shape index (κ3) is 5.16. The molecule has 26 heavy (non-hydrogen) atoms. The van der Waals surface area contributed by atoms with E-state index in [-0.39, 0.29) is 30.4 Å². The number of benzene rings is 1. The summed E-state index contributed by atoms with van der Waals surface area (Å²) in [5, 5.41) is 2.75. The van der Waals surface area contributed by atoms with Gasteiger partial charge in [0.15, 0.2) is 5.78 Å². The number of amides is 2. The van der Waals surface area contributed by atoms with Crippen LogP contribution in [0.15, 0.2) is 36.4 Å². The molecule has 7 heteroatoms. The fraction of sp³-hybridized carbons (Fsp3) is 0.316. The Hall–Kier alpha value is -2.18. The van der Waals surface area contributed by atoms with Crippen molar-refractivity contribution in [3.05, 3.63) is 51.2 Å². The molecule has 0 saturated carbocycles. The average molecular weight is 393 g/mol. The lowest BCUT2D eigenvalue weighted by Crippen LogP contribution is -2.31. The zero-order valence-corrected chi connectivity index (χ0v) is 16.3. The van der Waals surface area contributed by atoms with Crippen molar-refractivity contribution in [2.75, 3.05) is 18.4 Å². The Kier molecular flexibility index (Phi) is 7.36. The van der Waals surface area contributed by atoms with E-state index in [9.17, 15) is 14.4 Å². The topological polar surface area (TPSA) is 66.5 Å². The first-order valence-corrected chi connectivity index (χ1v) is 9.62. The Balaban J connectivity index is 2.01. The van der Waals surface area contributed by atoms with Gasteiger partial charge in [0.1, 0.15) is 0 Å². The minimum Gasteiger partial charge on any atom is -0.339 e. The first-order chi connectivity index (χ1) is 12.5. The maximum Gasteiger partial charge on any atom is 0.255 e. The van der Waals surface area contributed by atoms with E-state index in [4.69, 9.17) is 11.6 Å². The van der Waals surface area contributed by atoms with Crippen LogP contribution in [0.5, 0.6) is 0 Å². The highest BCUT2D eigenvalue weighted by Crippen LogP contribution is 2.23. The van der Waals surface area contributed by atoms with E-state index in [0.717, 1.165) is 0 Å². The number of nitrogens with one attached hydrogen (secondary N) is 1. The summed E-state index contributed by atoms with van der Waals surface area (Å²) in [5.41, 5.74) is 0.905. The molecule has 0 aliphatic heterocycles. The normalized spacial score (nSPS) is 10.4. The largest absolute Gasteiger partial charge is 0.339 e. The molecule has 2 amide bonds. The smallest absolute Gasteiger partial charge is 0.255 e. The lowest BCUT2D eigenvalue weighted by atomic mass is 10.1. The van der Waals surface area contributed by atoms with Gasteiger partial charge in [-0.25, -0.2) is 0 Å². The fourth-order valence-electron chi connectivity index (χ4n) is 2.49. The van der Waals surface area contributed by atoms with Gasteiger partial charge in [0.2, 0.25) is 5.91 Å². The van der Waals surface area contributed by atoms with E-state index in [2.05, 4.69) is 5.32 Å². The Morgan fingerprint density at radius 3 is 2.35 bits per heavy atom. The summed E-state index contributed by atoms with van der Waals surface area (Å²) in [6.07, 6.45) is 0.136. The second kappa shape index (κ2) is 9.50. The van der Waals surface area contributed by atoms with E-state index < -0.39 is 0 Å². The highest BCUT2D eigenvalue weighted by atomic mass is 35.5. The van der Waals surface area contributed by atoms with Crippen LogP contribution in [0.25, 0.3) is 0 Å². The molecule has 1 aromatic carbocycles. The van der Waals surface area contributed by atoms with Crippen molar-refractivity contribution >= 4 is 46.2 Å². The van der Waals surface area contributed by atoms with Gasteiger partial charge in [-0.2, -0.15) is 0 Å². The van der Waals surface area contributed by atoms with Gasteiger partial charge in [0.25, 0.3) is 5.91 Å². The zero-order chi connectivity index (χ0) is 19.1. The predicted octanol–water partition coefficient (Wildman–Crippen LogP) is 4.49. The van der Waals surface area contributed by atoms with E-state index >= 15 is 0 Å². The van der Waals surface area contributed by atoms with Crippen molar-refractivity contribution in [3.8, 4) is 0 Å². The van der Waals surface area contributed by atoms with Crippen LogP contribution < -0.4 is 5.32 Å². The first-order valence-electron chi connectivity index (χ1n) is 8.43. The number of thiophene rings is 1. The SMILES string of the molecule is CCN(CC)C(=O)c1ccccc1NC(=O)CCC(=O)c1ccc(Cl)s1. The van der Waals surface area contributed by atoms with Crippen LogP contribution in [0.1, 0.15) is 46.7 Å². The van der Waals surface area contributed by atoms with Crippen molar-refractivity contribution in [2.45, 2.75) is 26.7 Å². The number of anilines is 1. The third-order valence-electron chi connectivity index (χ3n) is 3.91. The summed E-state index contributed by atoms with van der Waals surface area (Å²) >= 11 is 7.02. The first kappa shape index (κ1) is 20.1. The maximum atomic E-state index is 12.6. The third-order valence-corrected chi connectivity index (χ3v) is 5.18. The number of ketones is 1. The molecular formula is C19H21ClN2O3S. The van der Waals surface area contributed by atoms with Crippen molar-refractivity contribution in [1.29, 1.82) is 0 Å². The molecule has 0 bridgehead atoms. The van der Waals surface area contributed by atoms with Gasteiger partial charge in [-0.15, -0.1) is 11.3 Å². The summed E-state index contributed by atoms with van der Waals surface area (Å²) in [7, 11) is 0. The second-order valence-electron chi connectivity index (χ2n) is 5.60. The highest BCUT2D eigenvalue weighted by molar-refractivity contribution is 7.18. The molecule has 1 N–H and O–H groups in total. The maximum absolute atomic E-state index is 12.6. The predicted molar refractivity (Wildman–Crippen MR) is 105 cm³/mol. The number of halogens is 1. The van der Waals surface area contributed by atoms with Crippen molar-refractivity contribution in [2.24, 2.45) is 0 Å². The van der Waals surface area contributed by atoms with Crippen LogP contribution in [-0.2, 0) is 4.79 Å². The Morgan fingerprint density at radius 1 is 1.04 bits per heavy atom. The van der Waals surface area contributed by atoms with Crippen LogP contribution >= 0.6 is 22.9 Å². The number of Topliss-reactive ketones (excluding diaryl/α,β-unsaturated/α-hetero) is 1. The van der Waals surface area contributed by atoms with Gasteiger partial charge in [0, 0.05) is 25.9 Å². The number of carbonyl (C=O) groups excluding carboxylic acids is 3. The number of hydrogen-bond acceptors (Lipinski definition) is 4. The molecule has 2 rings (SSSR count). The molecule has 0 aliphatic carbocycles. The lowest BCUT2D eigenvalue weighted by Gasteiger charge is -2.20. The summed E-state index contributed by atoms with van der Waals surface area (Å²) in [6.45, 7) is 5.00. The molecule has 0 aliphatic rings. The van der Waals surface area contributed by atoms with E-state index in [1.807, 2.05) is 13.8 Å². The molecular weight excluding hydrogens is 372 g/mol. The summed E-state index contributed by atoms with van der Waals surface area (Å²) in [5.74, 6) is -0.555. The van der Waals surface area contributed by atoms with Gasteiger partial charge in [-0.3, -0.25) is 14.4 Å². The van der Waals surface area contributed by atoms with Crippen LogP contribution in [0.2, 0.25) is 4.34 Å². The van der Waals surface area contributed by atoms with E-state index in [0.29, 0.717) is 33.6 Å². The van der Waals surface area contributed by atoms with Crippen molar-refractivity contribution in [1.82, 2.24) is 4.90 Å². The fourth-order valence-corrected chi connectivity index (χ4v) is 3.50. The molecule has 0 fully saturated rings. The zero-order valence-electron chi connectivity index (χ0n) is 14.8. The molecule has 1 heterocycles. The van der Waals surface area contributed by atoms with Gasteiger partial charge in [-0.05, 0) is 38.1 Å². The van der Waals surface area contributed by atoms with Crippen LogP contribution in [0.3, 0.4) is 0 Å². The van der Waals surface area contributed by atoms with E-state index in [1.54, 1.807) is 41.3 Å². The Bertz CT molecular complexity index is 800. The van der Waals surface area contributed by atoms with Gasteiger partial charge < -0.3 is 10.2 Å². The van der Waals surface area contributed by atoms with Crippen LogP contribution in [0.4, 0.5) is 5.69 Å². The number of nitrogens with zero attached hydrogens (tertiary/aromatic N) is 1. The molecule has 0 unspecified atom stereocenters. The molecule has 0 radical (unpaired) electrons. The van der Waals surface area contributed by atoms with Gasteiger partial charge in [-0.1, -0.05) is 23.7 Å². The number of carbonyl (C=O) groups is 3. The minimum atomic E-state index is -0.305. The van der Waals surface area contributed by atoms with Crippen LogP contribution in [-0.4, -0.2) is 35.6 Å². The second-order valence-corrected chi connectivity index (χ2v) is 7.31. The molecule has 5 nitrogen and oxygen atoms in total. The molecule has 1 aromatic heterocycles. The quantitative estimate of drug-likeness (QED) is 0.673. The number of hydrogen-bond donors (Lipinski definition) is 1. The molecule has 0 saturated heterocycles. The summed E-state index contributed by atoms with van der Waals surface area (Å²) < 4.78 is 0.543. The van der Waals surface area contributed by atoms with Crippen LogP contribution in [0, 0.1) is 0 Å². The molecule has 138 valence electrons. The summed E-state index contributed by atoms with van der Waals surface area (Å²) in [6, 6.07) is 10.2. The minimum absolute atomic E-state index is 0.0438. The number of para-hydroxylation sites is 1. The Morgan fingerprint density at radius 2 is 1.73 bits per heavy atom. The summed E-state index contributed by atoms with van der Waals surface area (Å²) in [4.78, 5) is 39.1. The molecule has 2 aromatic rings. The Labute approximate surface area is 162 Å². The lowest BCUT2D eigenvalue weighted by molar-refractivity contribution is -0.116. The average Bonchev–Trinajstić information content (AvgIpc) is 3.07. The molecule has 0 spiro atoms. The van der Waals surface area contributed by atoms with E-state index in [1.165, 1.54) is 11.3 Å². The van der Waals surface area contributed by atoms with Crippen molar-refractivity contribution < 1.29 is 14.4 Å². The monoisotopic (exact) mass is 392 g/mol. The highest BCUT2D eigenvalue weighted by Gasteiger charge is 2.18. The molecule has 0 atom stereocenters. The van der Waals surface area contributed by atoms with Gasteiger partial charge >= 0.3 is 0 Å².